The van der Waals surface area contributed by atoms with Crippen LogP contribution in [0.25, 0.3) is 11.0 Å². The quantitative estimate of drug-likeness (QED) is 0.275. The zero-order chi connectivity index (χ0) is 29.1. The van der Waals surface area contributed by atoms with E-state index in [0.717, 1.165) is 11.9 Å². The number of benzene rings is 1. The van der Waals surface area contributed by atoms with Gasteiger partial charge in [-0.15, -0.1) is 18.3 Å². The minimum absolute atomic E-state index is 0.00953. The first-order valence-corrected chi connectivity index (χ1v) is 14.6. The summed E-state index contributed by atoms with van der Waals surface area (Å²) in [5.41, 5.74) is 0.414. The zero-order valence-corrected chi connectivity index (χ0v) is 23.7. The first kappa shape index (κ1) is 28.9. The number of amides is 3. The number of unbranched alkanes of at least 4 members (excludes halogenated alkanes) is 1. The van der Waals surface area contributed by atoms with E-state index in [4.69, 9.17) is 4.74 Å². The molecule has 3 aliphatic heterocycles. The van der Waals surface area contributed by atoms with Gasteiger partial charge in [-0.3, -0.25) is 14.4 Å². The number of para-hydroxylation sites is 1. The number of likely N-dealkylation sites (tertiary alicyclic amines) is 1. The molecule has 5 atom stereocenters. The molecule has 1 aromatic heterocycles. The molecule has 3 saturated heterocycles. The van der Waals surface area contributed by atoms with Gasteiger partial charge in [0.1, 0.15) is 23.8 Å². The van der Waals surface area contributed by atoms with Crippen LogP contribution in [-0.2, 0) is 25.8 Å². The van der Waals surface area contributed by atoms with E-state index >= 15 is 0 Å². The van der Waals surface area contributed by atoms with E-state index in [9.17, 15) is 19.5 Å². The van der Waals surface area contributed by atoms with Gasteiger partial charge in [-0.25, -0.2) is 4.68 Å². The standard InChI is InChI=1S/C30H40N6O5/c1-4-15-33(16-5-2)27(38)24-23-13-14-30(41-23)25(24)28(39)35(18-9-10-19-37)26(30)29(40)34(17-6-3)20-36-22-12-8-7-11-21(22)31-32-36/h4,6-8,11-12,23-26,37H,1,3,5,9-10,13-20H2,2H3/t23-,24+,25+,26?,30?/m1/s1. The number of hydrogen-bond donors (Lipinski definition) is 1. The smallest absolute Gasteiger partial charge is 0.250 e. The Balaban J connectivity index is 1.50. The van der Waals surface area contributed by atoms with Crippen LogP contribution in [0.15, 0.2) is 49.6 Å². The summed E-state index contributed by atoms with van der Waals surface area (Å²) in [5, 5.41) is 17.9. The number of fused-ring (bicyclic) bond motifs is 2. The third kappa shape index (κ3) is 4.95. The number of hydrogen-bond acceptors (Lipinski definition) is 7. The van der Waals surface area contributed by atoms with Crippen molar-refractivity contribution < 1.29 is 24.2 Å². The Morgan fingerprint density at radius 1 is 1.17 bits per heavy atom. The molecule has 2 bridgehead atoms. The highest BCUT2D eigenvalue weighted by Crippen LogP contribution is 2.59. The predicted molar refractivity (Wildman–Crippen MR) is 152 cm³/mol. The molecule has 2 unspecified atom stereocenters. The van der Waals surface area contributed by atoms with Crippen LogP contribution < -0.4 is 0 Å². The number of nitrogens with zero attached hydrogens (tertiary/aromatic N) is 6. The van der Waals surface area contributed by atoms with Crippen molar-refractivity contribution in [1.29, 1.82) is 0 Å². The fraction of sp³-hybridized carbons (Fsp3) is 0.567. The first-order valence-electron chi connectivity index (χ1n) is 14.6. The summed E-state index contributed by atoms with van der Waals surface area (Å²) < 4.78 is 8.27. The summed E-state index contributed by atoms with van der Waals surface area (Å²) in [6.07, 6.45) is 5.87. The molecule has 0 saturated carbocycles. The average molecular weight is 565 g/mol. The second-order valence-electron chi connectivity index (χ2n) is 11.2. The second kappa shape index (κ2) is 12.1. The van der Waals surface area contributed by atoms with Crippen LogP contribution in [0.3, 0.4) is 0 Å². The van der Waals surface area contributed by atoms with E-state index in [1.165, 1.54) is 0 Å². The highest BCUT2D eigenvalue weighted by molar-refractivity contribution is 5.99. The largest absolute Gasteiger partial charge is 0.396 e. The normalized spacial score (nSPS) is 26.4. The van der Waals surface area contributed by atoms with Gasteiger partial charge in [-0.2, -0.15) is 0 Å². The summed E-state index contributed by atoms with van der Waals surface area (Å²) in [7, 11) is 0. The Kier molecular flexibility index (Phi) is 8.55. The van der Waals surface area contributed by atoms with Crippen molar-refractivity contribution in [1.82, 2.24) is 29.7 Å². The van der Waals surface area contributed by atoms with E-state index in [-0.39, 0.29) is 37.5 Å². The molecular weight excluding hydrogens is 524 g/mol. The second-order valence-corrected chi connectivity index (χ2v) is 11.2. The van der Waals surface area contributed by atoms with Crippen molar-refractivity contribution in [2.24, 2.45) is 11.8 Å². The lowest BCUT2D eigenvalue weighted by Crippen LogP contribution is -2.56. The van der Waals surface area contributed by atoms with Gasteiger partial charge < -0.3 is 24.5 Å². The van der Waals surface area contributed by atoms with Crippen molar-refractivity contribution in [2.45, 2.75) is 63.4 Å². The molecule has 0 aliphatic carbocycles. The minimum atomic E-state index is -1.09. The maximum atomic E-state index is 14.5. The van der Waals surface area contributed by atoms with Gasteiger partial charge in [-0.05, 0) is 44.2 Å². The topological polar surface area (TPSA) is 121 Å². The molecule has 0 radical (unpaired) electrons. The average Bonchev–Trinajstić information content (AvgIpc) is 3.72. The maximum absolute atomic E-state index is 14.5. The first-order chi connectivity index (χ1) is 19.9. The highest BCUT2D eigenvalue weighted by Gasteiger charge is 2.74. The van der Waals surface area contributed by atoms with Gasteiger partial charge in [-0.1, -0.05) is 36.4 Å². The van der Waals surface area contributed by atoms with Crippen LogP contribution in [0.2, 0.25) is 0 Å². The summed E-state index contributed by atoms with van der Waals surface area (Å²) in [6.45, 7) is 11.3. The Morgan fingerprint density at radius 2 is 1.93 bits per heavy atom. The molecule has 41 heavy (non-hydrogen) atoms. The van der Waals surface area contributed by atoms with Crippen molar-refractivity contribution >= 4 is 28.8 Å². The van der Waals surface area contributed by atoms with Gasteiger partial charge in [0.15, 0.2) is 0 Å². The molecule has 1 aromatic carbocycles. The molecule has 3 fully saturated rings. The van der Waals surface area contributed by atoms with E-state index in [2.05, 4.69) is 23.5 Å². The van der Waals surface area contributed by atoms with Crippen LogP contribution in [-0.4, -0.2) is 103 Å². The fourth-order valence-corrected chi connectivity index (χ4v) is 7.01. The Labute approximate surface area is 240 Å². The molecule has 11 heteroatoms. The summed E-state index contributed by atoms with van der Waals surface area (Å²) >= 11 is 0. The van der Waals surface area contributed by atoms with Crippen molar-refractivity contribution in [3.63, 3.8) is 0 Å². The van der Waals surface area contributed by atoms with Crippen LogP contribution in [0, 0.1) is 11.8 Å². The highest BCUT2D eigenvalue weighted by atomic mass is 16.5. The van der Waals surface area contributed by atoms with Crippen LogP contribution in [0.4, 0.5) is 0 Å². The van der Waals surface area contributed by atoms with E-state index in [1.807, 2.05) is 31.2 Å². The number of carbonyl (C=O) groups excluding carboxylic acids is 3. The van der Waals surface area contributed by atoms with E-state index < -0.39 is 29.6 Å². The number of ether oxygens (including phenoxy) is 1. The number of rotatable bonds is 14. The van der Waals surface area contributed by atoms with E-state index in [1.54, 1.807) is 31.5 Å². The lowest BCUT2D eigenvalue weighted by atomic mass is 9.70. The van der Waals surface area contributed by atoms with Crippen molar-refractivity contribution in [3.8, 4) is 0 Å². The molecule has 3 aliphatic rings. The third-order valence-electron chi connectivity index (χ3n) is 8.67. The van der Waals surface area contributed by atoms with Crippen molar-refractivity contribution in [3.05, 3.63) is 49.6 Å². The van der Waals surface area contributed by atoms with Gasteiger partial charge in [0.05, 0.1) is 23.5 Å². The number of aliphatic hydroxyl groups excluding tert-OH is 1. The van der Waals surface area contributed by atoms with Crippen LogP contribution in [0.5, 0.6) is 0 Å². The maximum Gasteiger partial charge on any atom is 0.250 e. The lowest BCUT2D eigenvalue weighted by Gasteiger charge is -2.37. The molecule has 1 spiro atoms. The van der Waals surface area contributed by atoms with Gasteiger partial charge >= 0.3 is 0 Å². The molecule has 1 N–H and O–H groups in total. The Bertz CT molecular complexity index is 1310. The molecule has 3 amide bonds. The lowest BCUT2D eigenvalue weighted by molar-refractivity contribution is -0.149. The number of carbonyl (C=O) groups is 3. The Morgan fingerprint density at radius 3 is 2.66 bits per heavy atom. The van der Waals surface area contributed by atoms with Crippen LogP contribution in [0.1, 0.15) is 39.0 Å². The minimum Gasteiger partial charge on any atom is -0.396 e. The Hall–Kier alpha value is -3.57. The number of aromatic nitrogens is 3. The third-order valence-corrected chi connectivity index (χ3v) is 8.67. The van der Waals surface area contributed by atoms with Gasteiger partial charge in [0.25, 0.3) is 0 Å². The predicted octanol–water partition coefficient (Wildman–Crippen LogP) is 1.98. The van der Waals surface area contributed by atoms with Gasteiger partial charge in [0.2, 0.25) is 17.7 Å². The summed E-state index contributed by atoms with van der Waals surface area (Å²) in [5.74, 6) is -1.99. The van der Waals surface area contributed by atoms with Crippen LogP contribution >= 0.6 is 0 Å². The molecule has 4 heterocycles. The fourth-order valence-electron chi connectivity index (χ4n) is 7.01. The molecular formula is C30H40N6O5. The SMILES string of the molecule is C=CCN(Cn1nnc2ccccc21)C(=O)C1N(CCCCO)C(=O)[C@@H]2[C@@H](C(=O)N(CC=C)CCC)[C@H]3CCC12O3. The molecule has 220 valence electrons. The monoisotopic (exact) mass is 564 g/mol. The zero-order valence-electron chi connectivity index (χ0n) is 23.7. The summed E-state index contributed by atoms with van der Waals surface area (Å²) in [6, 6.07) is 6.63. The van der Waals surface area contributed by atoms with E-state index in [0.29, 0.717) is 50.8 Å². The van der Waals surface area contributed by atoms with Gasteiger partial charge in [0, 0.05) is 32.8 Å². The van der Waals surface area contributed by atoms with Crippen molar-refractivity contribution in [2.75, 3.05) is 32.8 Å². The molecule has 2 aromatic rings. The summed E-state index contributed by atoms with van der Waals surface area (Å²) in [4.78, 5) is 47.5. The molecule has 11 nitrogen and oxygen atoms in total. The number of aliphatic hydroxyl groups is 1. The molecule has 5 rings (SSSR count).